The Balaban J connectivity index is 3.02. The number of anilines is 1. The van der Waals surface area contributed by atoms with Gasteiger partial charge in [0, 0.05) is 18.9 Å². The zero-order chi connectivity index (χ0) is 11.4. The number of rotatable bonds is 2. The number of benzene rings is 1. The number of carbonyl (C=O) groups excluding carboxylic acids is 2. The van der Waals surface area contributed by atoms with Crippen LogP contribution in [0.5, 0.6) is 5.75 Å². The molecule has 0 fully saturated rings. The molecule has 0 aliphatic heterocycles. The van der Waals surface area contributed by atoms with E-state index < -0.39 is 5.97 Å². The first-order chi connectivity index (χ1) is 6.99. The zero-order valence-corrected chi connectivity index (χ0v) is 9.09. The summed E-state index contributed by atoms with van der Waals surface area (Å²) in [5, 5.41) is 2.97. The normalized spacial score (nSPS) is 9.53. The minimum atomic E-state index is -0.455. The predicted octanol–water partition coefficient (Wildman–Crippen LogP) is 2.22. The molecule has 1 rings (SSSR count). The average Bonchev–Trinajstić information content (AvgIpc) is 2.08. The van der Waals surface area contributed by atoms with Gasteiger partial charge >= 0.3 is 5.97 Å². The molecule has 0 atom stereocenters. The van der Waals surface area contributed by atoms with Crippen molar-refractivity contribution < 1.29 is 14.3 Å². The third-order valence-electron chi connectivity index (χ3n) is 1.51. The smallest absolute Gasteiger partial charge is 0.308 e. The summed E-state index contributed by atoms with van der Waals surface area (Å²) in [7, 11) is 0. The topological polar surface area (TPSA) is 55.4 Å². The van der Waals surface area contributed by atoms with Gasteiger partial charge in [-0.1, -0.05) is 11.6 Å². The van der Waals surface area contributed by atoms with Crippen LogP contribution in [0.15, 0.2) is 18.2 Å². The Morgan fingerprint density at radius 3 is 2.53 bits per heavy atom. The van der Waals surface area contributed by atoms with Crippen molar-refractivity contribution in [3.63, 3.8) is 0 Å². The summed E-state index contributed by atoms with van der Waals surface area (Å²) < 4.78 is 4.89. The predicted molar refractivity (Wildman–Crippen MR) is 57.1 cm³/mol. The number of nitrogens with one attached hydrogen (secondary N) is 1. The fourth-order valence-electron chi connectivity index (χ4n) is 1.03. The quantitative estimate of drug-likeness (QED) is 0.623. The number of carbonyl (C=O) groups is 2. The number of hydrogen-bond donors (Lipinski definition) is 1. The molecule has 0 aliphatic carbocycles. The van der Waals surface area contributed by atoms with Crippen LogP contribution in [-0.4, -0.2) is 11.9 Å². The summed E-state index contributed by atoms with van der Waals surface area (Å²) in [5.74, 6) is -0.434. The van der Waals surface area contributed by atoms with E-state index in [4.69, 9.17) is 16.3 Å². The Hall–Kier alpha value is -1.55. The molecule has 0 spiro atoms. The van der Waals surface area contributed by atoms with E-state index in [1.807, 2.05) is 0 Å². The molecule has 0 aromatic heterocycles. The molecular formula is C10H10ClNO3. The van der Waals surface area contributed by atoms with E-state index in [2.05, 4.69) is 5.32 Å². The van der Waals surface area contributed by atoms with Crippen molar-refractivity contribution in [1.82, 2.24) is 0 Å². The highest BCUT2D eigenvalue weighted by Gasteiger charge is 2.08. The van der Waals surface area contributed by atoms with Crippen LogP contribution >= 0.6 is 11.6 Å². The van der Waals surface area contributed by atoms with Crippen LogP contribution in [0.3, 0.4) is 0 Å². The molecule has 1 aromatic rings. The SMILES string of the molecule is CC(=O)Nc1cc(Cl)ccc1OC(C)=O. The molecule has 4 nitrogen and oxygen atoms in total. The Morgan fingerprint density at radius 1 is 1.33 bits per heavy atom. The molecule has 0 saturated heterocycles. The molecular weight excluding hydrogens is 218 g/mol. The Kier molecular flexibility index (Phi) is 3.68. The molecule has 15 heavy (non-hydrogen) atoms. The van der Waals surface area contributed by atoms with Gasteiger partial charge in [0.05, 0.1) is 5.69 Å². The minimum Gasteiger partial charge on any atom is -0.424 e. The Bertz CT molecular complexity index is 404. The van der Waals surface area contributed by atoms with E-state index in [0.29, 0.717) is 10.7 Å². The number of esters is 1. The van der Waals surface area contributed by atoms with E-state index in [-0.39, 0.29) is 11.7 Å². The summed E-state index contributed by atoms with van der Waals surface area (Å²) in [4.78, 5) is 21.6. The second-order valence-electron chi connectivity index (χ2n) is 2.92. The van der Waals surface area contributed by atoms with Crippen LogP contribution in [0, 0.1) is 0 Å². The van der Waals surface area contributed by atoms with Crippen LogP contribution in [0.1, 0.15) is 13.8 Å². The third kappa shape index (κ3) is 3.59. The van der Waals surface area contributed by atoms with Gasteiger partial charge in [-0.05, 0) is 18.2 Å². The molecule has 0 bridgehead atoms. The molecule has 0 unspecified atom stereocenters. The second-order valence-corrected chi connectivity index (χ2v) is 3.35. The molecule has 1 aromatic carbocycles. The third-order valence-corrected chi connectivity index (χ3v) is 1.74. The van der Waals surface area contributed by atoms with E-state index in [1.165, 1.54) is 26.0 Å². The lowest BCUT2D eigenvalue weighted by molar-refractivity contribution is -0.131. The van der Waals surface area contributed by atoms with E-state index in [1.54, 1.807) is 6.07 Å². The molecule has 0 aliphatic rings. The number of halogens is 1. The van der Waals surface area contributed by atoms with Gasteiger partial charge in [-0.3, -0.25) is 9.59 Å². The van der Waals surface area contributed by atoms with Crippen molar-refractivity contribution in [2.45, 2.75) is 13.8 Å². The van der Waals surface area contributed by atoms with Gasteiger partial charge in [-0.2, -0.15) is 0 Å². The maximum Gasteiger partial charge on any atom is 0.308 e. The lowest BCUT2D eigenvalue weighted by Crippen LogP contribution is -2.09. The number of hydrogen-bond acceptors (Lipinski definition) is 3. The number of amides is 1. The fourth-order valence-corrected chi connectivity index (χ4v) is 1.21. The summed E-state index contributed by atoms with van der Waals surface area (Å²) in [5.41, 5.74) is 0.380. The lowest BCUT2D eigenvalue weighted by atomic mass is 10.3. The summed E-state index contributed by atoms with van der Waals surface area (Å²) >= 11 is 5.75. The summed E-state index contributed by atoms with van der Waals surface area (Å²) in [6, 6.07) is 4.61. The van der Waals surface area contributed by atoms with Gasteiger partial charge in [0.2, 0.25) is 5.91 Å². The zero-order valence-electron chi connectivity index (χ0n) is 8.33. The highest BCUT2D eigenvalue weighted by Crippen LogP contribution is 2.28. The monoisotopic (exact) mass is 227 g/mol. The lowest BCUT2D eigenvalue weighted by Gasteiger charge is -2.09. The van der Waals surface area contributed by atoms with E-state index in [9.17, 15) is 9.59 Å². The van der Waals surface area contributed by atoms with Gasteiger partial charge in [0.1, 0.15) is 0 Å². The van der Waals surface area contributed by atoms with Gasteiger partial charge in [-0.15, -0.1) is 0 Å². The maximum absolute atomic E-state index is 10.9. The molecule has 80 valence electrons. The largest absolute Gasteiger partial charge is 0.424 e. The van der Waals surface area contributed by atoms with Gasteiger partial charge in [-0.25, -0.2) is 0 Å². The first-order valence-electron chi connectivity index (χ1n) is 4.24. The van der Waals surface area contributed by atoms with Crippen LogP contribution in [0.25, 0.3) is 0 Å². The molecule has 0 saturated carbocycles. The van der Waals surface area contributed by atoms with Crippen molar-refractivity contribution in [1.29, 1.82) is 0 Å². The first-order valence-corrected chi connectivity index (χ1v) is 4.62. The van der Waals surface area contributed by atoms with E-state index >= 15 is 0 Å². The van der Waals surface area contributed by atoms with Crippen molar-refractivity contribution in [2.75, 3.05) is 5.32 Å². The summed E-state index contributed by atoms with van der Waals surface area (Å²) in [6.07, 6.45) is 0. The standard InChI is InChI=1S/C10H10ClNO3/c1-6(13)12-9-5-8(11)3-4-10(9)15-7(2)14/h3-5H,1-2H3,(H,12,13). The molecule has 0 radical (unpaired) electrons. The molecule has 1 N–H and O–H groups in total. The van der Waals surface area contributed by atoms with Gasteiger partial charge in [0.15, 0.2) is 5.75 Å². The maximum atomic E-state index is 10.9. The van der Waals surface area contributed by atoms with E-state index in [0.717, 1.165) is 0 Å². The van der Waals surface area contributed by atoms with Gasteiger partial charge < -0.3 is 10.1 Å². The van der Waals surface area contributed by atoms with Crippen LogP contribution in [0.4, 0.5) is 5.69 Å². The second kappa shape index (κ2) is 4.79. The minimum absolute atomic E-state index is 0.259. The average molecular weight is 228 g/mol. The van der Waals surface area contributed by atoms with Crippen molar-refractivity contribution >= 4 is 29.2 Å². The van der Waals surface area contributed by atoms with Crippen LogP contribution < -0.4 is 10.1 Å². The van der Waals surface area contributed by atoms with Gasteiger partial charge in [0.25, 0.3) is 0 Å². The fraction of sp³-hybridized carbons (Fsp3) is 0.200. The van der Waals surface area contributed by atoms with Crippen molar-refractivity contribution in [3.05, 3.63) is 23.2 Å². The summed E-state index contributed by atoms with van der Waals surface area (Å²) in [6.45, 7) is 2.64. The Labute approximate surface area is 92.2 Å². The van der Waals surface area contributed by atoms with Crippen LogP contribution in [-0.2, 0) is 9.59 Å². The Morgan fingerprint density at radius 2 is 2.00 bits per heavy atom. The number of ether oxygens (including phenoxy) is 1. The van der Waals surface area contributed by atoms with Crippen molar-refractivity contribution in [3.8, 4) is 5.75 Å². The molecule has 5 heteroatoms. The first kappa shape index (κ1) is 11.5. The highest BCUT2D eigenvalue weighted by molar-refractivity contribution is 6.31. The van der Waals surface area contributed by atoms with Crippen molar-refractivity contribution in [2.24, 2.45) is 0 Å². The highest BCUT2D eigenvalue weighted by atomic mass is 35.5. The van der Waals surface area contributed by atoms with Crippen LogP contribution in [0.2, 0.25) is 5.02 Å². The molecule has 0 heterocycles. The molecule has 1 amide bonds.